The molecular weight excluding hydrogens is 539 g/mol. The molecule has 0 aromatic carbocycles. The molecule has 0 radical (unpaired) electrons. The maximum atomic E-state index is 13.5. The number of aromatic amines is 1. The number of nitrogens with zero attached hydrogens (tertiary/aromatic N) is 7. The number of ether oxygens (including phenoxy) is 1. The van der Waals surface area contributed by atoms with E-state index in [4.69, 9.17) is 14.7 Å². The monoisotopic (exact) mass is 570 g/mol. The summed E-state index contributed by atoms with van der Waals surface area (Å²) in [6.07, 6.45) is 8.14. The van der Waals surface area contributed by atoms with Crippen molar-refractivity contribution in [3.63, 3.8) is 0 Å². The van der Waals surface area contributed by atoms with E-state index in [0.717, 1.165) is 23.0 Å². The van der Waals surface area contributed by atoms with E-state index >= 15 is 0 Å². The molecule has 1 saturated carbocycles. The van der Waals surface area contributed by atoms with E-state index in [2.05, 4.69) is 35.9 Å². The van der Waals surface area contributed by atoms with Crippen LogP contribution in [0.2, 0.25) is 0 Å². The Morgan fingerprint density at radius 1 is 1.19 bits per heavy atom. The van der Waals surface area contributed by atoms with Crippen molar-refractivity contribution in [1.82, 2.24) is 45.2 Å². The number of hydrogen-bond acceptors (Lipinski definition) is 9. The van der Waals surface area contributed by atoms with Crippen molar-refractivity contribution in [2.45, 2.75) is 57.1 Å². The van der Waals surface area contributed by atoms with Gasteiger partial charge in [-0.05, 0) is 63.3 Å². The minimum Gasteiger partial charge on any atom is -0.368 e. The summed E-state index contributed by atoms with van der Waals surface area (Å²) >= 11 is 0. The lowest BCUT2D eigenvalue weighted by atomic mass is 9.77. The largest absolute Gasteiger partial charge is 0.368 e. The van der Waals surface area contributed by atoms with Crippen LogP contribution in [0.3, 0.4) is 0 Å². The molecule has 0 saturated heterocycles. The molecule has 12 nitrogen and oxygen atoms in total. The van der Waals surface area contributed by atoms with Crippen LogP contribution in [-0.4, -0.2) is 58.5 Å². The van der Waals surface area contributed by atoms with Gasteiger partial charge in [0.25, 0.3) is 5.91 Å². The first-order valence-electron chi connectivity index (χ1n) is 13.8. The SMILES string of the molecule is COC1(C(=O)N[C@@H](C)c2ccc(-n3cc(F)cn3)nc2)CCC(c2nc(Nc3cc(C)[nH]n3)c3ncccc3n2)CC1. The Morgan fingerprint density at radius 3 is 2.69 bits per heavy atom. The van der Waals surface area contributed by atoms with Gasteiger partial charge >= 0.3 is 0 Å². The Morgan fingerprint density at radius 2 is 2.02 bits per heavy atom. The fraction of sp³-hybridized carbons (Fsp3) is 0.345. The lowest BCUT2D eigenvalue weighted by molar-refractivity contribution is -0.148. The van der Waals surface area contributed by atoms with E-state index < -0.39 is 11.4 Å². The highest BCUT2D eigenvalue weighted by atomic mass is 19.1. The Labute approximate surface area is 241 Å². The number of aryl methyl sites for hydroxylation is 1. The summed E-state index contributed by atoms with van der Waals surface area (Å²) in [4.78, 5) is 32.1. The maximum Gasteiger partial charge on any atom is 0.252 e. The number of fused-ring (bicyclic) bond motifs is 1. The third-order valence-electron chi connectivity index (χ3n) is 7.79. The molecule has 6 rings (SSSR count). The van der Waals surface area contributed by atoms with Gasteiger partial charge in [-0.25, -0.2) is 24.0 Å². The number of rotatable bonds is 8. The zero-order chi connectivity index (χ0) is 29.3. The van der Waals surface area contributed by atoms with E-state index in [1.54, 1.807) is 25.6 Å². The predicted octanol–water partition coefficient (Wildman–Crippen LogP) is 4.44. The number of carbonyl (C=O) groups is 1. The first-order valence-corrected chi connectivity index (χ1v) is 13.8. The Bertz CT molecular complexity index is 1710. The summed E-state index contributed by atoms with van der Waals surface area (Å²) in [6, 6.07) is 8.93. The van der Waals surface area contributed by atoms with E-state index in [1.807, 2.05) is 38.1 Å². The lowest BCUT2D eigenvalue weighted by Crippen LogP contribution is -2.50. The Kier molecular flexibility index (Phi) is 7.33. The number of amides is 1. The van der Waals surface area contributed by atoms with Crippen molar-refractivity contribution in [1.29, 1.82) is 0 Å². The summed E-state index contributed by atoms with van der Waals surface area (Å²) in [5.74, 6) is 1.87. The quantitative estimate of drug-likeness (QED) is 0.246. The second-order valence-electron chi connectivity index (χ2n) is 10.6. The fourth-order valence-corrected chi connectivity index (χ4v) is 5.35. The van der Waals surface area contributed by atoms with Crippen LogP contribution in [0.25, 0.3) is 16.9 Å². The molecule has 1 atom stereocenters. The van der Waals surface area contributed by atoms with Gasteiger partial charge in [0, 0.05) is 37.2 Å². The van der Waals surface area contributed by atoms with Crippen LogP contribution in [0.5, 0.6) is 0 Å². The number of nitrogens with one attached hydrogen (secondary N) is 3. The molecule has 42 heavy (non-hydrogen) atoms. The molecule has 0 bridgehead atoms. The Balaban J connectivity index is 1.14. The van der Waals surface area contributed by atoms with E-state index in [-0.39, 0.29) is 17.9 Å². The molecule has 5 heterocycles. The van der Waals surface area contributed by atoms with E-state index in [9.17, 15) is 9.18 Å². The summed E-state index contributed by atoms with van der Waals surface area (Å²) < 4.78 is 20.5. The van der Waals surface area contributed by atoms with E-state index in [1.165, 1.54) is 10.9 Å². The number of methoxy groups -OCH3 is 1. The molecule has 1 aliphatic carbocycles. The average molecular weight is 571 g/mol. The lowest BCUT2D eigenvalue weighted by Gasteiger charge is -2.38. The van der Waals surface area contributed by atoms with Crippen LogP contribution < -0.4 is 10.6 Å². The first kappa shape index (κ1) is 27.4. The van der Waals surface area contributed by atoms with Gasteiger partial charge < -0.3 is 15.4 Å². The number of aromatic nitrogens is 8. The number of H-pyrrole nitrogens is 1. The van der Waals surface area contributed by atoms with Crippen molar-refractivity contribution in [3.8, 4) is 5.82 Å². The number of anilines is 2. The molecule has 3 N–H and O–H groups in total. The molecule has 0 spiro atoms. The fourth-order valence-electron chi connectivity index (χ4n) is 5.35. The third-order valence-corrected chi connectivity index (χ3v) is 7.79. The van der Waals surface area contributed by atoms with Crippen molar-refractivity contribution in [2.75, 3.05) is 12.4 Å². The normalized spacial score (nSPS) is 19.5. The predicted molar refractivity (Wildman–Crippen MR) is 153 cm³/mol. The first-order chi connectivity index (χ1) is 20.3. The molecule has 5 aromatic heterocycles. The van der Waals surface area contributed by atoms with Crippen LogP contribution in [0.15, 0.2) is 55.1 Å². The maximum absolute atomic E-state index is 13.5. The van der Waals surface area contributed by atoms with Crippen molar-refractivity contribution in [3.05, 3.63) is 78.0 Å². The van der Waals surface area contributed by atoms with Crippen molar-refractivity contribution < 1.29 is 13.9 Å². The second kappa shape index (κ2) is 11.2. The van der Waals surface area contributed by atoms with Gasteiger partial charge in [-0.1, -0.05) is 6.07 Å². The van der Waals surface area contributed by atoms with Gasteiger partial charge in [0.1, 0.15) is 16.9 Å². The van der Waals surface area contributed by atoms with Gasteiger partial charge in [0.05, 0.1) is 24.0 Å². The van der Waals surface area contributed by atoms with Gasteiger partial charge in [0.2, 0.25) is 0 Å². The number of carbonyl (C=O) groups excluding carboxylic acids is 1. The summed E-state index contributed by atoms with van der Waals surface area (Å²) in [7, 11) is 1.58. The molecule has 5 aromatic rings. The highest BCUT2D eigenvalue weighted by molar-refractivity contribution is 5.87. The molecule has 1 fully saturated rings. The summed E-state index contributed by atoms with van der Waals surface area (Å²) in [5, 5.41) is 17.5. The van der Waals surface area contributed by atoms with Gasteiger partial charge in [0.15, 0.2) is 23.3 Å². The topological polar surface area (TPSA) is 148 Å². The summed E-state index contributed by atoms with van der Waals surface area (Å²) in [6.45, 7) is 3.82. The van der Waals surface area contributed by atoms with Crippen LogP contribution in [0.4, 0.5) is 16.0 Å². The number of halogens is 1. The Hall–Kier alpha value is -4.78. The molecule has 1 amide bonds. The van der Waals surface area contributed by atoms with Crippen molar-refractivity contribution >= 4 is 28.6 Å². The zero-order valence-corrected chi connectivity index (χ0v) is 23.5. The van der Waals surface area contributed by atoms with E-state index in [0.29, 0.717) is 54.5 Å². The van der Waals surface area contributed by atoms with Crippen LogP contribution >= 0.6 is 0 Å². The highest BCUT2D eigenvalue weighted by Crippen LogP contribution is 2.40. The highest BCUT2D eigenvalue weighted by Gasteiger charge is 2.43. The van der Waals surface area contributed by atoms with Gasteiger partial charge in [-0.15, -0.1) is 0 Å². The van der Waals surface area contributed by atoms with Crippen LogP contribution in [-0.2, 0) is 9.53 Å². The third kappa shape index (κ3) is 5.42. The molecule has 0 aliphatic heterocycles. The molecule has 1 aliphatic rings. The van der Waals surface area contributed by atoms with Gasteiger partial charge in [-0.3, -0.25) is 14.9 Å². The molecular formula is C29H31FN10O2. The standard InChI is InChI=1S/C29H31FN10O2/c1-17-13-23(39-38-17)36-27-25-22(5-4-12-31-25)35-26(37-27)19-8-10-29(42-3,11-9-19)28(41)34-18(2)20-6-7-24(32-14-20)40-16-21(30)15-33-40/h4-7,12-16,18-19H,8-11H2,1-3H3,(H,34,41)(H2,35,36,37,38,39)/t18-,19?,29?/m0/s1. The van der Waals surface area contributed by atoms with Crippen LogP contribution in [0, 0.1) is 12.7 Å². The van der Waals surface area contributed by atoms with Crippen LogP contribution in [0.1, 0.15) is 61.6 Å². The molecule has 13 heteroatoms. The minimum atomic E-state index is -0.962. The smallest absolute Gasteiger partial charge is 0.252 e. The number of hydrogen-bond donors (Lipinski definition) is 3. The van der Waals surface area contributed by atoms with Gasteiger partial charge in [-0.2, -0.15) is 10.2 Å². The number of pyridine rings is 2. The second-order valence-corrected chi connectivity index (χ2v) is 10.6. The summed E-state index contributed by atoms with van der Waals surface area (Å²) in [5.41, 5.74) is 2.18. The van der Waals surface area contributed by atoms with Crippen molar-refractivity contribution in [2.24, 2.45) is 0 Å². The average Bonchev–Trinajstić information content (AvgIpc) is 3.64. The molecule has 0 unspecified atom stereocenters. The minimum absolute atomic E-state index is 0.0495. The molecule has 216 valence electrons. The zero-order valence-electron chi connectivity index (χ0n) is 23.5.